The van der Waals surface area contributed by atoms with Gasteiger partial charge in [0.25, 0.3) is 0 Å². The number of carbonyl (C=O) groups is 1. The van der Waals surface area contributed by atoms with E-state index in [-0.39, 0.29) is 5.91 Å². The standard InChI is InChI=1S/C25H23N3O3/c1-17(29)26-25-23(19-14-15-21(30-2)22(16-19)31-3)24(18-10-6-4-7-11-18)27-28(25)20-12-8-5-9-13-20/h4-16H,1-3H3,(H,26,29). The molecule has 1 heterocycles. The van der Waals surface area contributed by atoms with Gasteiger partial charge in [0, 0.05) is 12.5 Å². The minimum absolute atomic E-state index is 0.182. The van der Waals surface area contributed by atoms with Crippen molar-refractivity contribution in [3.05, 3.63) is 78.9 Å². The Morgan fingerprint density at radius 2 is 1.48 bits per heavy atom. The number of rotatable bonds is 6. The highest BCUT2D eigenvalue weighted by molar-refractivity contribution is 5.98. The molecule has 156 valence electrons. The van der Waals surface area contributed by atoms with Gasteiger partial charge >= 0.3 is 0 Å². The molecule has 0 spiro atoms. The zero-order valence-electron chi connectivity index (χ0n) is 17.6. The highest BCUT2D eigenvalue weighted by Gasteiger charge is 2.23. The Kier molecular flexibility index (Phi) is 5.71. The van der Waals surface area contributed by atoms with Crippen LogP contribution >= 0.6 is 0 Å². The Bertz CT molecular complexity index is 1200. The van der Waals surface area contributed by atoms with Crippen molar-refractivity contribution in [3.63, 3.8) is 0 Å². The molecule has 0 aliphatic carbocycles. The lowest BCUT2D eigenvalue weighted by Gasteiger charge is -2.13. The number of benzene rings is 3. The average molecular weight is 413 g/mol. The molecular formula is C25H23N3O3. The number of para-hydroxylation sites is 1. The smallest absolute Gasteiger partial charge is 0.222 e. The predicted molar refractivity (Wildman–Crippen MR) is 122 cm³/mol. The molecule has 0 saturated carbocycles. The van der Waals surface area contributed by atoms with Gasteiger partial charge in [-0.1, -0.05) is 54.6 Å². The fourth-order valence-corrected chi connectivity index (χ4v) is 3.52. The van der Waals surface area contributed by atoms with Crippen LogP contribution < -0.4 is 14.8 Å². The van der Waals surface area contributed by atoms with Gasteiger partial charge < -0.3 is 14.8 Å². The van der Waals surface area contributed by atoms with E-state index in [1.165, 1.54) is 6.92 Å². The molecule has 0 saturated heterocycles. The van der Waals surface area contributed by atoms with Gasteiger partial charge in [-0.2, -0.15) is 5.10 Å². The lowest BCUT2D eigenvalue weighted by molar-refractivity contribution is -0.114. The monoisotopic (exact) mass is 413 g/mol. The van der Waals surface area contributed by atoms with E-state index >= 15 is 0 Å². The minimum Gasteiger partial charge on any atom is -0.493 e. The largest absolute Gasteiger partial charge is 0.493 e. The number of ether oxygens (including phenoxy) is 2. The van der Waals surface area contributed by atoms with Gasteiger partial charge in [-0.25, -0.2) is 4.68 Å². The van der Waals surface area contributed by atoms with Crippen LogP contribution in [-0.4, -0.2) is 29.9 Å². The average Bonchev–Trinajstić information content (AvgIpc) is 3.18. The van der Waals surface area contributed by atoms with E-state index in [9.17, 15) is 4.79 Å². The number of nitrogens with one attached hydrogen (secondary N) is 1. The zero-order valence-corrected chi connectivity index (χ0v) is 17.6. The van der Waals surface area contributed by atoms with Crippen molar-refractivity contribution in [2.45, 2.75) is 6.92 Å². The summed E-state index contributed by atoms with van der Waals surface area (Å²) in [5, 5.41) is 7.89. The number of anilines is 1. The maximum atomic E-state index is 12.2. The zero-order chi connectivity index (χ0) is 21.8. The van der Waals surface area contributed by atoms with E-state index in [4.69, 9.17) is 14.6 Å². The number of methoxy groups -OCH3 is 2. The summed E-state index contributed by atoms with van der Waals surface area (Å²) in [6, 6.07) is 25.3. The van der Waals surface area contributed by atoms with Crippen molar-refractivity contribution < 1.29 is 14.3 Å². The van der Waals surface area contributed by atoms with Crippen LogP contribution in [0.3, 0.4) is 0 Å². The summed E-state index contributed by atoms with van der Waals surface area (Å²) >= 11 is 0. The summed E-state index contributed by atoms with van der Waals surface area (Å²) in [5.41, 5.74) is 4.18. The lowest BCUT2D eigenvalue weighted by Crippen LogP contribution is -2.11. The molecule has 6 heteroatoms. The Hall–Kier alpha value is -4.06. The molecule has 0 unspecified atom stereocenters. The molecule has 0 atom stereocenters. The molecule has 4 aromatic rings. The SMILES string of the molecule is COc1ccc(-c2c(-c3ccccc3)nn(-c3ccccc3)c2NC(C)=O)cc1OC. The molecule has 31 heavy (non-hydrogen) atoms. The molecule has 1 amide bonds. The van der Waals surface area contributed by atoms with Gasteiger partial charge in [0.05, 0.1) is 25.5 Å². The highest BCUT2D eigenvalue weighted by atomic mass is 16.5. The molecule has 4 rings (SSSR count). The normalized spacial score (nSPS) is 10.5. The van der Waals surface area contributed by atoms with E-state index in [1.807, 2.05) is 78.9 Å². The summed E-state index contributed by atoms with van der Waals surface area (Å²) in [7, 11) is 3.20. The first kappa shape index (κ1) is 20.2. The van der Waals surface area contributed by atoms with Crippen LogP contribution in [0.25, 0.3) is 28.1 Å². The molecule has 1 N–H and O–H groups in total. The van der Waals surface area contributed by atoms with E-state index < -0.39 is 0 Å². The van der Waals surface area contributed by atoms with Gasteiger partial charge in [0.2, 0.25) is 5.91 Å². The fourth-order valence-electron chi connectivity index (χ4n) is 3.52. The van der Waals surface area contributed by atoms with Crippen LogP contribution in [0.5, 0.6) is 11.5 Å². The first-order valence-electron chi connectivity index (χ1n) is 9.86. The lowest BCUT2D eigenvalue weighted by atomic mass is 10.00. The van der Waals surface area contributed by atoms with E-state index in [0.29, 0.717) is 17.3 Å². The van der Waals surface area contributed by atoms with Crippen molar-refractivity contribution in [1.82, 2.24) is 9.78 Å². The van der Waals surface area contributed by atoms with Crippen LogP contribution in [0.15, 0.2) is 78.9 Å². The number of carbonyl (C=O) groups excluding carboxylic acids is 1. The molecule has 1 aromatic heterocycles. The molecule has 0 fully saturated rings. The third-order valence-electron chi connectivity index (χ3n) is 4.90. The van der Waals surface area contributed by atoms with E-state index in [0.717, 1.165) is 28.1 Å². The second-order valence-electron chi connectivity index (χ2n) is 6.94. The maximum Gasteiger partial charge on any atom is 0.222 e. The highest BCUT2D eigenvalue weighted by Crippen LogP contribution is 2.42. The summed E-state index contributed by atoms with van der Waals surface area (Å²) in [4.78, 5) is 12.2. The number of hydrogen-bond acceptors (Lipinski definition) is 4. The quantitative estimate of drug-likeness (QED) is 0.473. The second kappa shape index (κ2) is 8.75. The molecule has 6 nitrogen and oxygen atoms in total. The van der Waals surface area contributed by atoms with Gasteiger partial charge in [0.15, 0.2) is 11.5 Å². The van der Waals surface area contributed by atoms with Crippen LogP contribution in [0, 0.1) is 0 Å². The summed E-state index contributed by atoms with van der Waals surface area (Å²) in [6.07, 6.45) is 0. The number of amides is 1. The Morgan fingerprint density at radius 3 is 2.10 bits per heavy atom. The van der Waals surface area contributed by atoms with Crippen LogP contribution in [0.1, 0.15) is 6.92 Å². The molecule has 0 radical (unpaired) electrons. The van der Waals surface area contributed by atoms with E-state index in [1.54, 1.807) is 18.9 Å². The van der Waals surface area contributed by atoms with Crippen molar-refractivity contribution in [3.8, 4) is 39.6 Å². The van der Waals surface area contributed by atoms with E-state index in [2.05, 4.69) is 5.32 Å². The molecule has 3 aromatic carbocycles. The van der Waals surface area contributed by atoms with Crippen LogP contribution in [-0.2, 0) is 4.79 Å². The maximum absolute atomic E-state index is 12.2. The number of nitrogens with zero attached hydrogens (tertiary/aromatic N) is 2. The van der Waals surface area contributed by atoms with Crippen molar-refractivity contribution in [1.29, 1.82) is 0 Å². The first-order chi connectivity index (χ1) is 15.1. The summed E-state index contributed by atoms with van der Waals surface area (Å²) in [6.45, 7) is 1.49. The molecular weight excluding hydrogens is 390 g/mol. The van der Waals surface area contributed by atoms with Crippen molar-refractivity contribution in [2.24, 2.45) is 0 Å². The van der Waals surface area contributed by atoms with Crippen LogP contribution in [0.4, 0.5) is 5.82 Å². The van der Waals surface area contributed by atoms with Crippen LogP contribution in [0.2, 0.25) is 0 Å². The van der Waals surface area contributed by atoms with Crippen molar-refractivity contribution in [2.75, 3.05) is 19.5 Å². The first-order valence-corrected chi connectivity index (χ1v) is 9.86. The van der Waals surface area contributed by atoms with Gasteiger partial charge in [-0.15, -0.1) is 0 Å². The second-order valence-corrected chi connectivity index (χ2v) is 6.94. The van der Waals surface area contributed by atoms with Gasteiger partial charge in [-0.3, -0.25) is 4.79 Å². The summed E-state index contributed by atoms with van der Waals surface area (Å²) < 4.78 is 12.7. The molecule has 0 bridgehead atoms. The van der Waals surface area contributed by atoms with Crippen molar-refractivity contribution >= 4 is 11.7 Å². The predicted octanol–water partition coefficient (Wildman–Crippen LogP) is 5.18. The number of aromatic nitrogens is 2. The third kappa shape index (κ3) is 4.00. The Labute approximate surface area is 181 Å². The number of hydrogen-bond donors (Lipinski definition) is 1. The summed E-state index contributed by atoms with van der Waals surface area (Å²) in [5.74, 6) is 1.63. The Balaban J connectivity index is 2.04. The third-order valence-corrected chi connectivity index (χ3v) is 4.90. The van der Waals surface area contributed by atoms with Gasteiger partial charge in [0.1, 0.15) is 11.5 Å². The topological polar surface area (TPSA) is 65.4 Å². The molecule has 0 aliphatic heterocycles. The Morgan fingerprint density at radius 1 is 0.839 bits per heavy atom. The van der Waals surface area contributed by atoms with Gasteiger partial charge in [-0.05, 0) is 29.8 Å². The minimum atomic E-state index is -0.182. The molecule has 0 aliphatic rings. The fraction of sp³-hybridized carbons (Fsp3) is 0.120.